The predicted molar refractivity (Wildman–Crippen MR) is 69.2 cm³/mol. The molecule has 0 aromatic carbocycles. The van der Waals surface area contributed by atoms with E-state index in [0.717, 1.165) is 0 Å². The van der Waals surface area contributed by atoms with Gasteiger partial charge in [0.1, 0.15) is 11.4 Å². The Labute approximate surface area is 109 Å². The monoisotopic (exact) mass is 259 g/mol. The Morgan fingerprint density at radius 1 is 1.37 bits per heavy atom. The highest BCUT2D eigenvalue weighted by Crippen LogP contribution is 2.19. The molecule has 7 nitrogen and oxygen atoms in total. The minimum absolute atomic E-state index is 0.191. The lowest BCUT2D eigenvalue weighted by atomic mass is 10.2. The zero-order chi connectivity index (χ0) is 13.7. The van der Waals surface area contributed by atoms with Gasteiger partial charge in [-0.25, -0.2) is 9.97 Å². The zero-order valence-corrected chi connectivity index (χ0v) is 10.3. The number of carbonyl (C=O) groups is 1. The number of rotatable bonds is 5. The molecule has 0 bridgehead atoms. The summed E-state index contributed by atoms with van der Waals surface area (Å²) in [6, 6.07) is 4.87. The summed E-state index contributed by atoms with van der Waals surface area (Å²) in [6.07, 6.45) is 3.22. The average molecular weight is 259 g/mol. The molecule has 0 saturated heterocycles. The van der Waals surface area contributed by atoms with Crippen molar-refractivity contribution < 1.29 is 9.53 Å². The number of pyridine rings is 1. The van der Waals surface area contributed by atoms with Gasteiger partial charge in [0, 0.05) is 12.4 Å². The Balaban J connectivity index is 2.27. The fraction of sp³-hybridized carbons (Fsp3) is 0.167. The molecule has 0 aliphatic carbocycles. The second-order valence-electron chi connectivity index (χ2n) is 3.54. The highest BCUT2D eigenvalue weighted by Gasteiger charge is 2.12. The molecule has 1 amide bonds. The number of hydrogen-bond acceptors (Lipinski definition) is 6. The van der Waals surface area contributed by atoms with Gasteiger partial charge in [0.2, 0.25) is 11.8 Å². The number of amides is 1. The first-order valence-corrected chi connectivity index (χ1v) is 5.68. The molecular formula is C12H13N5O2. The summed E-state index contributed by atoms with van der Waals surface area (Å²) in [5.41, 5.74) is 5.48. The molecule has 0 radical (unpaired) electrons. The number of carbonyl (C=O) groups excluding carboxylic acids is 1. The number of hydrogen-bond donors (Lipinski definition) is 2. The molecule has 19 heavy (non-hydrogen) atoms. The van der Waals surface area contributed by atoms with E-state index in [4.69, 9.17) is 10.5 Å². The van der Waals surface area contributed by atoms with Crippen LogP contribution in [0.25, 0.3) is 0 Å². The molecule has 0 saturated carbocycles. The third-order valence-corrected chi connectivity index (χ3v) is 2.21. The van der Waals surface area contributed by atoms with E-state index in [1.807, 2.05) is 0 Å². The van der Waals surface area contributed by atoms with Crippen molar-refractivity contribution in [3.8, 4) is 5.88 Å². The highest BCUT2D eigenvalue weighted by atomic mass is 16.5. The van der Waals surface area contributed by atoms with Crippen molar-refractivity contribution in [2.45, 2.75) is 6.92 Å². The first-order valence-electron chi connectivity index (χ1n) is 5.68. The lowest BCUT2D eigenvalue weighted by molar-refractivity contribution is 0.0996. The largest absolute Gasteiger partial charge is 0.477 e. The van der Waals surface area contributed by atoms with Gasteiger partial charge in [0.05, 0.1) is 6.61 Å². The number of nitrogens with two attached hydrogens (primary N) is 1. The minimum Gasteiger partial charge on any atom is -0.477 e. The third-order valence-electron chi connectivity index (χ3n) is 2.21. The number of primary amides is 1. The Kier molecular flexibility index (Phi) is 3.87. The van der Waals surface area contributed by atoms with E-state index in [2.05, 4.69) is 20.3 Å². The molecule has 0 unspecified atom stereocenters. The minimum atomic E-state index is -0.585. The van der Waals surface area contributed by atoms with Gasteiger partial charge in [-0.15, -0.1) is 0 Å². The van der Waals surface area contributed by atoms with Crippen LogP contribution in [0.3, 0.4) is 0 Å². The first kappa shape index (κ1) is 12.7. The van der Waals surface area contributed by atoms with Gasteiger partial charge in [-0.1, -0.05) is 0 Å². The van der Waals surface area contributed by atoms with Gasteiger partial charge in [0.15, 0.2) is 0 Å². The molecule has 2 rings (SSSR count). The number of aromatic nitrogens is 3. The van der Waals surface area contributed by atoms with Crippen LogP contribution in [0.15, 0.2) is 30.6 Å². The summed E-state index contributed by atoms with van der Waals surface area (Å²) in [5, 5.41) is 2.90. The summed E-state index contributed by atoms with van der Waals surface area (Å²) in [5.74, 6) is 0.485. The molecule has 98 valence electrons. The van der Waals surface area contributed by atoms with Gasteiger partial charge in [-0.3, -0.25) is 4.79 Å². The van der Waals surface area contributed by atoms with Crippen LogP contribution in [-0.4, -0.2) is 27.5 Å². The van der Waals surface area contributed by atoms with Crippen molar-refractivity contribution >= 4 is 17.7 Å². The van der Waals surface area contributed by atoms with E-state index < -0.39 is 5.91 Å². The van der Waals surface area contributed by atoms with Crippen LogP contribution in [0.2, 0.25) is 0 Å². The van der Waals surface area contributed by atoms with Gasteiger partial charge < -0.3 is 15.8 Å². The zero-order valence-electron chi connectivity index (χ0n) is 10.3. The molecule has 7 heteroatoms. The molecule has 0 aliphatic rings. The maximum Gasteiger partial charge on any atom is 0.254 e. The van der Waals surface area contributed by atoms with Crippen LogP contribution in [0, 0.1) is 0 Å². The van der Waals surface area contributed by atoms with Crippen LogP contribution < -0.4 is 15.8 Å². The van der Waals surface area contributed by atoms with Crippen LogP contribution in [0.4, 0.5) is 11.8 Å². The van der Waals surface area contributed by atoms with E-state index in [9.17, 15) is 4.79 Å². The molecule has 0 atom stereocenters. The summed E-state index contributed by atoms with van der Waals surface area (Å²) < 4.78 is 5.28. The van der Waals surface area contributed by atoms with Gasteiger partial charge in [0.25, 0.3) is 5.91 Å². The van der Waals surface area contributed by atoms with Crippen LogP contribution >= 0.6 is 0 Å². The summed E-state index contributed by atoms with van der Waals surface area (Å²) >= 11 is 0. The molecule has 0 aliphatic heterocycles. The van der Waals surface area contributed by atoms with Gasteiger partial charge in [-0.05, 0) is 25.1 Å². The lowest BCUT2D eigenvalue weighted by Gasteiger charge is -2.09. The molecule has 2 heterocycles. The normalized spacial score (nSPS) is 9.95. The third kappa shape index (κ3) is 3.15. The molecule has 2 aromatic heterocycles. The molecule has 0 spiro atoms. The van der Waals surface area contributed by atoms with Crippen molar-refractivity contribution in [2.24, 2.45) is 5.73 Å². The number of anilines is 2. The van der Waals surface area contributed by atoms with Crippen LogP contribution in [0.1, 0.15) is 17.3 Å². The van der Waals surface area contributed by atoms with Crippen molar-refractivity contribution in [1.29, 1.82) is 0 Å². The van der Waals surface area contributed by atoms with E-state index >= 15 is 0 Å². The smallest absolute Gasteiger partial charge is 0.254 e. The maximum atomic E-state index is 11.2. The van der Waals surface area contributed by atoms with Crippen LogP contribution in [0.5, 0.6) is 5.88 Å². The molecule has 0 fully saturated rings. The Morgan fingerprint density at radius 3 is 2.74 bits per heavy atom. The molecule has 3 N–H and O–H groups in total. The quantitative estimate of drug-likeness (QED) is 0.833. The van der Waals surface area contributed by atoms with E-state index in [-0.39, 0.29) is 11.4 Å². The molecular weight excluding hydrogens is 246 g/mol. The van der Waals surface area contributed by atoms with E-state index in [0.29, 0.717) is 18.4 Å². The summed E-state index contributed by atoms with van der Waals surface area (Å²) in [7, 11) is 0. The summed E-state index contributed by atoms with van der Waals surface area (Å²) in [4.78, 5) is 23.4. The van der Waals surface area contributed by atoms with Crippen molar-refractivity contribution in [3.63, 3.8) is 0 Å². The van der Waals surface area contributed by atoms with Crippen LogP contribution in [-0.2, 0) is 0 Å². The SMILES string of the molecule is CCOc1nc(Nc2ncccn2)ccc1C(N)=O. The summed E-state index contributed by atoms with van der Waals surface area (Å²) in [6.45, 7) is 2.19. The fourth-order valence-electron chi connectivity index (χ4n) is 1.42. The Hall–Kier alpha value is -2.70. The van der Waals surface area contributed by atoms with Gasteiger partial charge in [-0.2, -0.15) is 4.98 Å². The fourth-order valence-corrected chi connectivity index (χ4v) is 1.42. The topological polar surface area (TPSA) is 103 Å². The maximum absolute atomic E-state index is 11.2. The lowest BCUT2D eigenvalue weighted by Crippen LogP contribution is -2.14. The predicted octanol–water partition coefficient (Wildman–Crippen LogP) is 1.11. The second kappa shape index (κ2) is 5.76. The Bertz CT molecular complexity index is 574. The van der Waals surface area contributed by atoms with Crippen molar-refractivity contribution in [3.05, 3.63) is 36.2 Å². The van der Waals surface area contributed by atoms with E-state index in [1.165, 1.54) is 0 Å². The number of nitrogens with one attached hydrogen (secondary N) is 1. The number of ether oxygens (including phenoxy) is 1. The van der Waals surface area contributed by atoms with Gasteiger partial charge >= 0.3 is 0 Å². The van der Waals surface area contributed by atoms with Crippen molar-refractivity contribution in [2.75, 3.05) is 11.9 Å². The average Bonchev–Trinajstić information content (AvgIpc) is 2.40. The molecule has 2 aromatic rings. The van der Waals surface area contributed by atoms with Crippen molar-refractivity contribution in [1.82, 2.24) is 15.0 Å². The Morgan fingerprint density at radius 2 is 2.11 bits per heavy atom. The highest BCUT2D eigenvalue weighted by molar-refractivity contribution is 5.95. The second-order valence-corrected chi connectivity index (χ2v) is 3.54. The van der Waals surface area contributed by atoms with E-state index in [1.54, 1.807) is 37.5 Å². The standard InChI is InChI=1S/C12H13N5O2/c1-2-19-11-8(10(13)18)4-5-9(16-11)17-12-14-6-3-7-15-12/h3-7H,2H2,1H3,(H2,13,18)(H,14,15,16,17). The number of nitrogens with zero attached hydrogens (tertiary/aromatic N) is 3. The first-order chi connectivity index (χ1) is 9.20.